The van der Waals surface area contributed by atoms with E-state index in [1.165, 1.54) is 13.8 Å². The predicted molar refractivity (Wildman–Crippen MR) is 70.7 cm³/mol. The summed E-state index contributed by atoms with van der Waals surface area (Å²) in [4.78, 5) is 24.0. The Kier molecular flexibility index (Phi) is 3.27. The summed E-state index contributed by atoms with van der Waals surface area (Å²) in [6, 6.07) is -3.25. The highest BCUT2D eigenvalue weighted by Gasteiger charge is 2.32. The van der Waals surface area contributed by atoms with Crippen LogP contribution in [-0.4, -0.2) is 38.3 Å². The number of esters is 2. The first-order valence-electron chi connectivity index (χ1n) is 9.23. The van der Waals surface area contributed by atoms with Gasteiger partial charge in [-0.3, -0.25) is 0 Å². The van der Waals surface area contributed by atoms with E-state index in [2.05, 4.69) is 4.74 Å². The van der Waals surface area contributed by atoms with Crippen molar-refractivity contribution in [2.45, 2.75) is 20.0 Å². The van der Waals surface area contributed by atoms with Crippen LogP contribution in [0.4, 0.5) is 0 Å². The fourth-order valence-electron chi connectivity index (χ4n) is 1.19. The molecule has 0 aromatic heterocycles. The zero-order valence-corrected chi connectivity index (χ0v) is 10.9. The van der Waals surface area contributed by atoms with Crippen LogP contribution < -0.4 is 9.47 Å². The van der Waals surface area contributed by atoms with Gasteiger partial charge in [-0.05, 0) is 25.9 Å². The molecule has 1 rings (SSSR count). The van der Waals surface area contributed by atoms with Crippen LogP contribution in [0, 0.1) is 0 Å². The van der Waals surface area contributed by atoms with Gasteiger partial charge in [0.1, 0.15) is 0 Å². The molecule has 6 heteroatoms. The largest absolute Gasteiger partial charge is 0.493 e. The molecule has 110 valence electrons. The van der Waals surface area contributed by atoms with Gasteiger partial charge in [0.25, 0.3) is 6.10 Å². The molecule has 0 atom stereocenters. The number of rotatable bonds is 7. The lowest BCUT2D eigenvalue weighted by atomic mass is 10.3. The van der Waals surface area contributed by atoms with E-state index in [1.807, 2.05) is 0 Å². The second-order valence-electron chi connectivity index (χ2n) is 3.26. The number of para-hydroxylation sites is 2. The fourth-order valence-corrected chi connectivity index (χ4v) is 1.19. The van der Waals surface area contributed by atoms with E-state index in [1.54, 1.807) is 0 Å². The highest BCUT2D eigenvalue weighted by molar-refractivity contribution is 5.98. The number of benzene rings is 1. The number of carbonyl (C=O) groups is 2. The molecule has 1 aromatic rings. The molecule has 0 spiro atoms. The van der Waals surface area contributed by atoms with Crippen molar-refractivity contribution >= 4 is 11.9 Å². The van der Waals surface area contributed by atoms with Gasteiger partial charge in [0.2, 0.25) is 0 Å². The highest BCUT2D eigenvalue weighted by atomic mass is 16.6. The maximum Gasteiger partial charge on any atom is 0.359 e. The Bertz CT molecular complexity index is 701. The average molecular weight is 289 g/mol. The first-order chi connectivity index (χ1) is 12.4. The minimum Gasteiger partial charge on any atom is -0.493 e. The molecule has 20 heavy (non-hydrogen) atoms. The van der Waals surface area contributed by atoms with Crippen LogP contribution in [0.5, 0.6) is 11.5 Å². The second kappa shape index (κ2) is 8.04. The van der Waals surface area contributed by atoms with Crippen molar-refractivity contribution < 1.29 is 38.1 Å². The van der Waals surface area contributed by atoms with Gasteiger partial charge in [-0.15, -0.1) is 0 Å². The quantitative estimate of drug-likeness (QED) is 0.560. The van der Waals surface area contributed by atoms with E-state index < -0.39 is 60.7 Å². The van der Waals surface area contributed by atoms with Crippen molar-refractivity contribution in [1.82, 2.24) is 0 Å². The minimum absolute atomic E-state index is 0.108. The summed E-state index contributed by atoms with van der Waals surface area (Å²) in [5.41, 5.74) is 0. The number of hydrogen-bond acceptors (Lipinski definition) is 6. The van der Waals surface area contributed by atoms with Gasteiger partial charge in [0.15, 0.2) is 11.5 Å². The van der Waals surface area contributed by atoms with Crippen molar-refractivity contribution in [2.75, 3.05) is 20.3 Å². The summed E-state index contributed by atoms with van der Waals surface area (Å²) >= 11 is 0. The van der Waals surface area contributed by atoms with Gasteiger partial charge in [-0.1, -0.05) is 12.1 Å². The lowest BCUT2D eigenvalue weighted by Gasteiger charge is -2.17. The van der Waals surface area contributed by atoms with E-state index in [-0.39, 0.29) is 13.2 Å². The molecular weight excluding hydrogens is 264 g/mol. The van der Waals surface area contributed by atoms with Crippen LogP contribution in [-0.2, 0) is 19.1 Å². The van der Waals surface area contributed by atoms with Gasteiger partial charge in [0.05, 0.1) is 29.8 Å². The molecule has 0 N–H and O–H groups in total. The molecule has 0 aliphatic heterocycles. The molecule has 0 radical (unpaired) electrons. The van der Waals surface area contributed by atoms with Crippen molar-refractivity contribution in [2.24, 2.45) is 0 Å². The van der Waals surface area contributed by atoms with E-state index in [4.69, 9.17) is 23.8 Å². The lowest BCUT2D eigenvalue weighted by molar-refractivity contribution is -0.166. The zero-order chi connectivity index (χ0) is 20.9. The molecule has 0 fully saturated rings. The van der Waals surface area contributed by atoms with E-state index in [9.17, 15) is 9.59 Å². The first-order valence-corrected chi connectivity index (χ1v) is 5.73. The van der Waals surface area contributed by atoms with Crippen LogP contribution in [0.15, 0.2) is 24.2 Å². The van der Waals surface area contributed by atoms with Gasteiger partial charge >= 0.3 is 11.9 Å². The SMILES string of the molecule is [2H]c1c([2H])c([2H])c(OC([2H])([2H])[2H])c(OC(C(=O)OCC)C(=O)OCC)c1[2H]. The van der Waals surface area contributed by atoms with Crippen LogP contribution in [0.2, 0.25) is 0 Å². The molecule has 0 aliphatic carbocycles. The molecule has 0 unspecified atom stereocenters. The number of methoxy groups -OCH3 is 1. The van der Waals surface area contributed by atoms with Crippen LogP contribution in [0.3, 0.4) is 0 Å². The summed E-state index contributed by atoms with van der Waals surface area (Å²) in [7, 11) is -3.08. The first kappa shape index (κ1) is 8.14. The van der Waals surface area contributed by atoms with Crippen molar-refractivity contribution in [3.63, 3.8) is 0 Å². The Balaban J connectivity index is 3.51. The van der Waals surface area contributed by atoms with Crippen LogP contribution in [0.25, 0.3) is 0 Å². The van der Waals surface area contributed by atoms with E-state index in [0.29, 0.717) is 0 Å². The third-order valence-corrected chi connectivity index (χ3v) is 1.96. The van der Waals surface area contributed by atoms with Crippen LogP contribution in [0.1, 0.15) is 23.4 Å². The lowest BCUT2D eigenvalue weighted by Crippen LogP contribution is -2.38. The third-order valence-electron chi connectivity index (χ3n) is 1.96. The normalized spacial score (nSPS) is 15.7. The summed E-state index contributed by atoms with van der Waals surface area (Å²) in [6.07, 6.45) is -2.04. The van der Waals surface area contributed by atoms with Gasteiger partial charge < -0.3 is 18.9 Å². The highest BCUT2D eigenvalue weighted by Crippen LogP contribution is 2.27. The summed E-state index contributed by atoms with van der Waals surface area (Å²) < 4.78 is 71.6. The maximum absolute atomic E-state index is 12.0. The van der Waals surface area contributed by atoms with Gasteiger partial charge in [-0.2, -0.15) is 0 Å². The fraction of sp³-hybridized carbons (Fsp3) is 0.429. The Morgan fingerprint density at radius 2 is 1.70 bits per heavy atom. The smallest absolute Gasteiger partial charge is 0.359 e. The standard InChI is InChI=1S/C14H18O6/c1-4-18-13(15)12(14(16)19-5-2)20-11-9-7-6-8-10(11)17-3/h6-9,12H,4-5H2,1-3H3/i3D3,6D,7D,8D,9D. The minimum atomic E-state index is -3.08. The molecule has 6 nitrogen and oxygen atoms in total. The van der Waals surface area contributed by atoms with Crippen molar-refractivity contribution in [3.05, 3.63) is 24.2 Å². The summed E-state index contributed by atoms with van der Waals surface area (Å²) in [6.45, 7) is 2.73. The van der Waals surface area contributed by atoms with Crippen LogP contribution >= 0.6 is 0 Å². The monoisotopic (exact) mass is 289 g/mol. The molecule has 0 bridgehead atoms. The molecule has 0 amide bonds. The Hall–Kier alpha value is -2.24. The summed E-state index contributed by atoms with van der Waals surface area (Å²) in [5.74, 6) is -4.06. The molecule has 0 saturated carbocycles. The van der Waals surface area contributed by atoms with Gasteiger partial charge in [0, 0.05) is 0 Å². The number of hydrogen-bond donors (Lipinski definition) is 0. The summed E-state index contributed by atoms with van der Waals surface area (Å²) in [5, 5.41) is 0. The zero-order valence-electron chi connectivity index (χ0n) is 17.9. The number of carbonyl (C=O) groups excluding carboxylic acids is 2. The topological polar surface area (TPSA) is 71.1 Å². The molecule has 0 heterocycles. The molecule has 0 saturated heterocycles. The van der Waals surface area contributed by atoms with Crippen molar-refractivity contribution in [3.8, 4) is 11.5 Å². The number of ether oxygens (including phenoxy) is 4. The maximum atomic E-state index is 12.0. The Morgan fingerprint density at radius 3 is 2.20 bits per heavy atom. The Morgan fingerprint density at radius 1 is 1.15 bits per heavy atom. The predicted octanol–water partition coefficient (Wildman–Crippen LogP) is 1.57. The molecular formula is C14H18O6. The van der Waals surface area contributed by atoms with E-state index in [0.717, 1.165) is 0 Å². The average Bonchev–Trinajstić information content (AvgIpc) is 2.56. The third kappa shape index (κ3) is 4.15. The van der Waals surface area contributed by atoms with E-state index >= 15 is 0 Å². The molecule has 1 aromatic carbocycles. The van der Waals surface area contributed by atoms with Gasteiger partial charge in [-0.25, -0.2) is 9.59 Å². The second-order valence-corrected chi connectivity index (χ2v) is 3.26. The Labute approximate surface area is 127 Å². The van der Waals surface area contributed by atoms with Crippen molar-refractivity contribution in [1.29, 1.82) is 0 Å². The molecule has 0 aliphatic rings.